The molecule has 0 saturated heterocycles. The lowest BCUT2D eigenvalue weighted by atomic mass is 10.2. The van der Waals surface area contributed by atoms with E-state index in [0.717, 1.165) is 10.6 Å². The normalized spacial score (nSPS) is 15.9. The lowest BCUT2D eigenvalue weighted by Gasteiger charge is -2.26. The van der Waals surface area contributed by atoms with Gasteiger partial charge in [0.15, 0.2) is 5.13 Å². The van der Waals surface area contributed by atoms with Gasteiger partial charge in [-0.2, -0.15) is 4.31 Å². The van der Waals surface area contributed by atoms with Crippen molar-refractivity contribution in [2.45, 2.75) is 52.0 Å². The highest BCUT2D eigenvalue weighted by molar-refractivity contribution is 7.89. The van der Waals surface area contributed by atoms with E-state index in [1.165, 1.54) is 15.6 Å². The van der Waals surface area contributed by atoms with Crippen molar-refractivity contribution < 1.29 is 13.2 Å². The van der Waals surface area contributed by atoms with Crippen molar-refractivity contribution in [2.75, 3.05) is 11.9 Å². The van der Waals surface area contributed by atoms with E-state index in [4.69, 9.17) is 0 Å². The molecule has 0 aromatic carbocycles. The number of amides is 2. The molecule has 2 amide bonds. The highest BCUT2D eigenvalue weighted by Crippen LogP contribution is 2.30. The summed E-state index contributed by atoms with van der Waals surface area (Å²) in [5.41, 5.74) is 0.875. The van der Waals surface area contributed by atoms with Gasteiger partial charge in [0.1, 0.15) is 0 Å². The van der Waals surface area contributed by atoms with Crippen molar-refractivity contribution in [2.24, 2.45) is 0 Å². The van der Waals surface area contributed by atoms with E-state index in [-0.39, 0.29) is 12.1 Å². The van der Waals surface area contributed by atoms with Crippen molar-refractivity contribution >= 4 is 32.5 Å². The van der Waals surface area contributed by atoms with Crippen LogP contribution >= 0.6 is 11.3 Å². The minimum Gasteiger partial charge on any atom is -0.336 e. The fraction of sp³-hybridized carbons (Fsp3) is 0.692. The number of carbonyl (C=O) groups excluding carboxylic acids is 1. The van der Waals surface area contributed by atoms with Gasteiger partial charge in [-0.05, 0) is 27.7 Å². The standard InChI is InChI=1S/C13H22N4O3S2/c1-8(2)14-12(18)16-13-15-10-5-6-17(7-11(10)21-13)22(19,20)9(3)4/h8-9H,5-7H2,1-4H3,(H2,14,15,16,18). The lowest BCUT2D eigenvalue weighted by molar-refractivity contribution is 0.250. The first kappa shape index (κ1) is 17.2. The Bertz CT molecular complexity index is 652. The highest BCUT2D eigenvalue weighted by Gasteiger charge is 2.31. The van der Waals surface area contributed by atoms with Crippen LogP contribution in [0.5, 0.6) is 0 Å². The molecular weight excluding hydrogens is 324 g/mol. The maximum atomic E-state index is 12.2. The van der Waals surface area contributed by atoms with Crippen LogP contribution in [0.1, 0.15) is 38.3 Å². The van der Waals surface area contributed by atoms with Crippen molar-refractivity contribution in [1.82, 2.24) is 14.6 Å². The number of fused-ring (bicyclic) bond motifs is 1. The number of hydrogen-bond donors (Lipinski definition) is 2. The zero-order valence-corrected chi connectivity index (χ0v) is 14.8. The number of anilines is 1. The zero-order valence-electron chi connectivity index (χ0n) is 13.2. The summed E-state index contributed by atoms with van der Waals surface area (Å²) in [7, 11) is -3.26. The second-order valence-corrected chi connectivity index (χ2v) is 9.39. The lowest BCUT2D eigenvalue weighted by Crippen LogP contribution is -2.39. The summed E-state index contributed by atoms with van der Waals surface area (Å²) < 4.78 is 26.0. The fourth-order valence-electron chi connectivity index (χ4n) is 2.14. The van der Waals surface area contributed by atoms with Crippen molar-refractivity contribution in [3.63, 3.8) is 0 Å². The molecule has 1 aliphatic rings. The molecule has 0 aliphatic carbocycles. The van der Waals surface area contributed by atoms with Crippen molar-refractivity contribution in [3.8, 4) is 0 Å². The summed E-state index contributed by atoms with van der Waals surface area (Å²) >= 11 is 1.33. The quantitative estimate of drug-likeness (QED) is 0.869. The molecule has 1 aromatic rings. The van der Waals surface area contributed by atoms with E-state index >= 15 is 0 Å². The minimum atomic E-state index is -3.26. The number of sulfonamides is 1. The first-order valence-corrected chi connectivity index (χ1v) is 9.57. The number of carbonyl (C=O) groups is 1. The van der Waals surface area contributed by atoms with Crippen LogP contribution in [0.2, 0.25) is 0 Å². The van der Waals surface area contributed by atoms with Gasteiger partial charge in [-0.15, -0.1) is 0 Å². The van der Waals surface area contributed by atoms with Gasteiger partial charge < -0.3 is 5.32 Å². The van der Waals surface area contributed by atoms with Crippen molar-refractivity contribution in [3.05, 3.63) is 10.6 Å². The average molecular weight is 346 g/mol. The maximum Gasteiger partial charge on any atom is 0.321 e. The van der Waals surface area contributed by atoms with Gasteiger partial charge in [0.05, 0.1) is 10.9 Å². The first-order valence-electron chi connectivity index (χ1n) is 7.25. The molecule has 1 aliphatic heterocycles. The van der Waals surface area contributed by atoms with E-state index in [1.807, 2.05) is 13.8 Å². The molecule has 0 radical (unpaired) electrons. The van der Waals surface area contributed by atoms with E-state index < -0.39 is 15.3 Å². The molecule has 0 fully saturated rings. The predicted octanol–water partition coefficient (Wildman–Crippen LogP) is 1.77. The Morgan fingerprint density at radius 2 is 2.00 bits per heavy atom. The van der Waals surface area contributed by atoms with Crippen LogP contribution in [0.4, 0.5) is 9.93 Å². The van der Waals surface area contributed by atoms with Gasteiger partial charge in [0, 0.05) is 30.4 Å². The number of urea groups is 1. The van der Waals surface area contributed by atoms with Crippen LogP contribution in [0.15, 0.2) is 0 Å². The van der Waals surface area contributed by atoms with Crippen LogP contribution in [0.25, 0.3) is 0 Å². The summed E-state index contributed by atoms with van der Waals surface area (Å²) in [5, 5.41) is 5.50. The van der Waals surface area contributed by atoms with E-state index in [1.54, 1.807) is 13.8 Å². The van der Waals surface area contributed by atoms with E-state index in [9.17, 15) is 13.2 Å². The number of nitrogens with zero attached hydrogens (tertiary/aromatic N) is 2. The topological polar surface area (TPSA) is 91.4 Å². The number of rotatable bonds is 4. The Labute approximate surface area is 135 Å². The van der Waals surface area contributed by atoms with Gasteiger partial charge in [-0.25, -0.2) is 18.2 Å². The molecule has 0 atom stereocenters. The first-order chi connectivity index (χ1) is 10.2. The smallest absolute Gasteiger partial charge is 0.321 e. The molecule has 0 bridgehead atoms. The number of nitrogens with one attached hydrogen (secondary N) is 2. The third kappa shape index (κ3) is 3.76. The molecule has 0 unspecified atom stereocenters. The Kier molecular flexibility index (Phi) is 5.08. The third-order valence-corrected chi connectivity index (χ3v) is 6.51. The van der Waals surface area contributed by atoms with Gasteiger partial charge in [-0.3, -0.25) is 5.32 Å². The number of thiazole rings is 1. The number of aromatic nitrogens is 1. The Balaban J connectivity index is 2.09. The SMILES string of the molecule is CC(C)NC(=O)Nc1nc2c(s1)CN(S(=O)(=O)C(C)C)CC2. The maximum absolute atomic E-state index is 12.2. The predicted molar refractivity (Wildman–Crippen MR) is 87.6 cm³/mol. The summed E-state index contributed by atoms with van der Waals surface area (Å²) in [5.74, 6) is 0. The molecule has 2 rings (SSSR count). The largest absolute Gasteiger partial charge is 0.336 e. The highest BCUT2D eigenvalue weighted by atomic mass is 32.2. The number of hydrogen-bond acceptors (Lipinski definition) is 5. The van der Waals surface area contributed by atoms with Gasteiger partial charge in [-0.1, -0.05) is 11.3 Å². The molecule has 0 spiro atoms. The third-order valence-electron chi connectivity index (χ3n) is 3.29. The minimum absolute atomic E-state index is 0.0428. The molecule has 7 nitrogen and oxygen atoms in total. The average Bonchev–Trinajstić information content (AvgIpc) is 2.78. The van der Waals surface area contributed by atoms with Crippen LogP contribution in [0.3, 0.4) is 0 Å². The van der Waals surface area contributed by atoms with Gasteiger partial charge >= 0.3 is 6.03 Å². The van der Waals surface area contributed by atoms with Crippen LogP contribution in [0, 0.1) is 0 Å². The molecule has 124 valence electrons. The fourth-order valence-corrected chi connectivity index (χ4v) is 4.49. The summed E-state index contributed by atoms with van der Waals surface area (Å²) in [6, 6.07) is -0.256. The molecule has 2 N–H and O–H groups in total. The van der Waals surface area contributed by atoms with Crippen molar-refractivity contribution in [1.29, 1.82) is 0 Å². The molecular formula is C13H22N4O3S2. The summed E-state index contributed by atoms with van der Waals surface area (Å²) in [6.07, 6.45) is 0.575. The Morgan fingerprint density at radius 3 is 2.59 bits per heavy atom. The monoisotopic (exact) mass is 346 g/mol. The Morgan fingerprint density at radius 1 is 1.32 bits per heavy atom. The van der Waals surface area contributed by atoms with Gasteiger partial charge in [0.25, 0.3) is 0 Å². The Hall–Kier alpha value is -1.19. The van der Waals surface area contributed by atoms with E-state index in [0.29, 0.717) is 24.6 Å². The van der Waals surface area contributed by atoms with E-state index in [2.05, 4.69) is 15.6 Å². The van der Waals surface area contributed by atoms with Gasteiger partial charge in [0.2, 0.25) is 10.0 Å². The second kappa shape index (κ2) is 6.51. The molecule has 0 saturated carbocycles. The van der Waals surface area contributed by atoms with Crippen LogP contribution in [-0.2, 0) is 23.0 Å². The summed E-state index contributed by atoms with van der Waals surface area (Å²) in [4.78, 5) is 17.0. The summed E-state index contributed by atoms with van der Waals surface area (Å²) in [6.45, 7) is 7.89. The molecule has 2 heterocycles. The molecule has 1 aromatic heterocycles. The zero-order chi connectivity index (χ0) is 16.5. The van der Waals surface area contributed by atoms with Crippen LogP contribution < -0.4 is 10.6 Å². The second-order valence-electron chi connectivity index (χ2n) is 5.82. The molecule has 22 heavy (non-hydrogen) atoms. The van der Waals surface area contributed by atoms with Crippen LogP contribution in [-0.4, -0.2) is 41.6 Å². The molecule has 9 heteroatoms.